The van der Waals surface area contributed by atoms with Crippen molar-refractivity contribution in [2.45, 2.75) is 38.8 Å². The largest absolute Gasteiger partial charge is 0.363 e. The van der Waals surface area contributed by atoms with Crippen LogP contribution in [0.25, 0.3) is 0 Å². The molecule has 1 N–H and O–H groups in total. The Balaban J connectivity index is 2.07. The van der Waals surface area contributed by atoms with Crippen molar-refractivity contribution < 1.29 is 4.21 Å². The first-order chi connectivity index (χ1) is 8.70. The van der Waals surface area contributed by atoms with E-state index in [1.165, 1.54) is 0 Å². The summed E-state index contributed by atoms with van der Waals surface area (Å²) in [6.07, 6.45) is 5.98. The van der Waals surface area contributed by atoms with Crippen molar-refractivity contribution in [3.8, 4) is 0 Å². The molecular weight excluding hydrogens is 250 g/mol. The summed E-state index contributed by atoms with van der Waals surface area (Å²) in [4.78, 5) is 16.2. The van der Waals surface area contributed by atoms with Gasteiger partial charge in [0.05, 0.1) is 0 Å². The number of nitrogens with zero attached hydrogens (tertiary/aromatic N) is 2. The van der Waals surface area contributed by atoms with Gasteiger partial charge in [0.2, 0.25) is 0 Å². The number of hydrogen-bond acceptors (Lipinski definition) is 4. The Hall–Kier alpha value is -1.17. The average Bonchev–Trinajstić information content (AvgIpc) is 2.37. The Kier molecular flexibility index (Phi) is 4.52. The second kappa shape index (κ2) is 6.13. The van der Waals surface area contributed by atoms with Gasteiger partial charge in [-0.3, -0.25) is 9.00 Å². The zero-order valence-corrected chi connectivity index (χ0v) is 11.4. The topological polar surface area (TPSA) is 64.0 Å². The third-order valence-electron chi connectivity index (χ3n) is 3.11. The SMILES string of the molecule is CCCn1ccnc(NC2CCS(=O)CC2)c1=O. The molecule has 0 radical (unpaired) electrons. The normalized spacial score (nSPS) is 23.8. The van der Waals surface area contributed by atoms with Crippen molar-refractivity contribution in [3.05, 3.63) is 22.7 Å². The number of nitrogens with one attached hydrogen (secondary N) is 1. The first-order valence-corrected chi connectivity index (χ1v) is 7.86. The van der Waals surface area contributed by atoms with E-state index in [0.717, 1.165) is 19.3 Å². The fraction of sp³-hybridized carbons (Fsp3) is 0.667. The van der Waals surface area contributed by atoms with Gasteiger partial charge in [-0.1, -0.05) is 6.92 Å². The van der Waals surface area contributed by atoms with E-state index in [1.54, 1.807) is 17.0 Å². The summed E-state index contributed by atoms with van der Waals surface area (Å²) in [6, 6.07) is 0.223. The van der Waals surface area contributed by atoms with Crippen molar-refractivity contribution in [2.24, 2.45) is 0 Å². The molecule has 0 aliphatic carbocycles. The Morgan fingerprint density at radius 3 is 2.89 bits per heavy atom. The number of rotatable bonds is 4. The van der Waals surface area contributed by atoms with Crippen LogP contribution in [0.3, 0.4) is 0 Å². The molecule has 0 saturated carbocycles. The minimum atomic E-state index is -0.675. The molecule has 0 amide bonds. The smallest absolute Gasteiger partial charge is 0.293 e. The molecule has 0 aromatic carbocycles. The molecule has 1 fully saturated rings. The average molecular weight is 269 g/mol. The highest BCUT2D eigenvalue weighted by molar-refractivity contribution is 7.85. The molecule has 18 heavy (non-hydrogen) atoms. The van der Waals surface area contributed by atoms with Gasteiger partial charge in [-0.15, -0.1) is 0 Å². The fourth-order valence-corrected chi connectivity index (χ4v) is 3.39. The lowest BCUT2D eigenvalue weighted by atomic mass is 10.1. The van der Waals surface area contributed by atoms with E-state index < -0.39 is 10.8 Å². The number of aryl methyl sites for hydroxylation is 1. The molecule has 100 valence electrons. The zero-order chi connectivity index (χ0) is 13.0. The van der Waals surface area contributed by atoms with Gasteiger partial charge >= 0.3 is 0 Å². The van der Waals surface area contributed by atoms with E-state index in [2.05, 4.69) is 10.3 Å². The molecular formula is C12H19N3O2S. The molecule has 0 unspecified atom stereocenters. The number of hydrogen-bond donors (Lipinski definition) is 1. The molecule has 2 heterocycles. The quantitative estimate of drug-likeness (QED) is 0.885. The fourth-order valence-electron chi connectivity index (χ4n) is 2.09. The summed E-state index contributed by atoms with van der Waals surface area (Å²) in [5, 5.41) is 3.19. The standard InChI is InChI=1S/C12H19N3O2S/c1-2-6-15-7-5-13-11(12(15)16)14-10-3-8-18(17)9-4-10/h5,7,10H,2-4,6,8-9H2,1H3,(H,13,14). The Bertz CT molecular complexity index is 476. The summed E-state index contributed by atoms with van der Waals surface area (Å²) in [7, 11) is -0.675. The van der Waals surface area contributed by atoms with Crippen LogP contribution >= 0.6 is 0 Å². The van der Waals surface area contributed by atoms with Crippen LogP contribution in [-0.2, 0) is 17.3 Å². The molecule has 1 aliphatic heterocycles. The van der Waals surface area contributed by atoms with Crippen molar-refractivity contribution in [1.29, 1.82) is 0 Å². The van der Waals surface area contributed by atoms with Crippen molar-refractivity contribution in [2.75, 3.05) is 16.8 Å². The maximum Gasteiger partial charge on any atom is 0.293 e. The maximum atomic E-state index is 12.1. The van der Waals surface area contributed by atoms with Crippen LogP contribution in [0.15, 0.2) is 17.2 Å². The summed E-state index contributed by atoms with van der Waals surface area (Å²) in [5.41, 5.74) is -0.0638. The highest BCUT2D eigenvalue weighted by atomic mass is 32.2. The van der Waals surface area contributed by atoms with Gasteiger partial charge in [-0.25, -0.2) is 4.98 Å². The molecule has 0 atom stereocenters. The summed E-state index contributed by atoms with van der Waals surface area (Å²) >= 11 is 0. The third kappa shape index (κ3) is 3.19. The van der Waals surface area contributed by atoms with Gasteiger partial charge in [0.15, 0.2) is 5.82 Å². The summed E-state index contributed by atoms with van der Waals surface area (Å²) in [6.45, 7) is 2.75. The highest BCUT2D eigenvalue weighted by Crippen LogP contribution is 2.12. The first kappa shape index (κ1) is 13.3. The predicted octanol–water partition coefficient (Wildman–Crippen LogP) is 0.976. The van der Waals surface area contributed by atoms with E-state index in [0.29, 0.717) is 23.9 Å². The second-order valence-corrected chi connectivity index (χ2v) is 6.24. The Morgan fingerprint density at radius 2 is 2.22 bits per heavy atom. The molecule has 2 rings (SSSR count). The molecule has 0 spiro atoms. The number of anilines is 1. The Labute approximate surface area is 109 Å². The minimum absolute atomic E-state index is 0.0638. The number of aromatic nitrogens is 2. The van der Waals surface area contributed by atoms with Crippen molar-refractivity contribution in [1.82, 2.24) is 9.55 Å². The first-order valence-electron chi connectivity index (χ1n) is 6.37. The van der Waals surface area contributed by atoms with Gasteiger partial charge < -0.3 is 9.88 Å². The lowest BCUT2D eigenvalue weighted by molar-refractivity contribution is 0.614. The van der Waals surface area contributed by atoms with Crippen LogP contribution in [-0.4, -0.2) is 31.3 Å². The predicted molar refractivity (Wildman–Crippen MR) is 73.3 cm³/mol. The van der Waals surface area contributed by atoms with Crippen LogP contribution in [0, 0.1) is 0 Å². The van der Waals surface area contributed by atoms with Gasteiger partial charge in [-0.05, 0) is 19.3 Å². The maximum absolute atomic E-state index is 12.1. The van der Waals surface area contributed by atoms with E-state index >= 15 is 0 Å². The third-order valence-corrected chi connectivity index (χ3v) is 4.49. The van der Waals surface area contributed by atoms with Crippen LogP contribution in [0.2, 0.25) is 0 Å². The molecule has 1 aromatic rings. The lowest BCUT2D eigenvalue weighted by Crippen LogP contribution is -2.33. The summed E-state index contributed by atoms with van der Waals surface area (Å²) in [5.74, 6) is 1.85. The van der Waals surface area contributed by atoms with Gasteiger partial charge in [0.1, 0.15) is 0 Å². The minimum Gasteiger partial charge on any atom is -0.363 e. The lowest BCUT2D eigenvalue weighted by Gasteiger charge is -2.22. The Morgan fingerprint density at radius 1 is 1.50 bits per heavy atom. The van der Waals surface area contributed by atoms with Gasteiger partial charge in [0, 0.05) is 47.3 Å². The molecule has 1 saturated heterocycles. The van der Waals surface area contributed by atoms with E-state index in [1.807, 2.05) is 6.92 Å². The van der Waals surface area contributed by atoms with Gasteiger partial charge in [-0.2, -0.15) is 0 Å². The van der Waals surface area contributed by atoms with Crippen molar-refractivity contribution >= 4 is 16.6 Å². The zero-order valence-electron chi connectivity index (χ0n) is 10.6. The van der Waals surface area contributed by atoms with Gasteiger partial charge in [0.25, 0.3) is 5.56 Å². The molecule has 1 aromatic heterocycles. The molecule has 5 nitrogen and oxygen atoms in total. The van der Waals surface area contributed by atoms with Crippen LogP contribution in [0.4, 0.5) is 5.82 Å². The summed E-state index contributed by atoms with van der Waals surface area (Å²) < 4.78 is 12.9. The molecule has 1 aliphatic rings. The highest BCUT2D eigenvalue weighted by Gasteiger charge is 2.19. The molecule has 6 heteroatoms. The van der Waals surface area contributed by atoms with Crippen LogP contribution in [0.5, 0.6) is 0 Å². The van der Waals surface area contributed by atoms with Crippen LogP contribution < -0.4 is 10.9 Å². The molecule has 0 bridgehead atoms. The second-order valence-electron chi connectivity index (χ2n) is 4.54. The van der Waals surface area contributed by atoms with E-state index in [-0.39, 0.29) is 11.6 Å². The van der Waals surface area contributed by atoms with Crippen molar-refractivity contribution in [3.63, 3.8) is 0 Å². The van der Waals surface area contributed by atoms with E-state index in [9.17, 15) is 9.00 Å². The monoisotopic (exact) mass is 269 g/mol. The van der Waals surface area contributed by atoms with E-state index in [4.69, 9.17) is 0 Å². The van der Waals surface area contributed by atoms with Crippen LogP contribution in [0.1, 0.15) is 26.2 Å².